The number of ketones is 1. The number of carbonyl (C=O) groups is 1. The summed E-state index contributed by atoms with van der Waals surface area (Å²) in [6, 6.07) is 7.99. The number of aryl methyl sites for hydroxylation is 1. The second kappa shape index (κ2) is 4.41. The number of aromatic nitrogens is 1. The molecule has 0 amide bonds. The first-order valence-electron chi connectivity index (χ1n) is 5.15. The molecule has 3 nitrogen and oxygen atoms in total. The predicted molar refractivity (Wildman–Crippen MR) is 61.9 cm³/mol. The predicted octanol–water partition coefficient (Wildman–Crippen LogP) is 2.70. The van der Waals surface area contributed by atoms with E-state index in [0.717, 1.165) is 0 Å². The Labute approximate surface area is 98.2 Å². The highest BCUT2D eigenvalue weighted by Crippen LogP contribution is 2.18. The number of hydrogen-bond acceptors (Lipinski definition) is 2. The van der Waals surface area contributed by atoms with E-state index in [4.69, 9.17) is 4.74 Å². The van der Waals surface area contributed by atoms with Crippen molar-refractivity contribution in [1.82, 2.24) is 4.98 Å². The van der Waals surface area contributed by atoms with E-state index in [9.17, 15) is 9.18 Å². The van der Waals surface area contributed by atoms with Gasteiger partial charge in [-0.05, 0) is 19.1 Å². The maximum absolute atomic E-state index is 13.0. The maximum Gasteiger partial charge on any atom is 0.195 e. The molecule has 2 aromatic rings. The fraction of sp³-hybridized carbons (Fsp3) is 0.154. The van der Waals surface area contributed by atoms with Gasteiger partial charge in [-0.3, -0.25) is 4.79 Å². The molecule has 0 aliphatic heterocycles. The molecule has 1 N–H and O–H groups in total. The lowest BCUT2D eigenvalue weighted by Crippen LogP contribution is -2.02. The third-order valence-corrected chi connectivity index (χ3v) is 2.56. The van der Waals surface area contributed by atoms with E-state index < -0.39 is 5.95 Å². The van der Waals surface area contributed by atoms with E-state index in [1.807, 2.05) is 0 Å². The van der Waals surface area contributed by atoms with Crippen molar-refractivity contribution < 1.29 is 13.9 Å². The molecule has 0 fully saturated rings. The average Bonchev–Trinajstić information content (AvgIpc) is 2.67. The minimum Gasteiger partial charge on any atom is -0.497 e. The van der Waals surface area contributed by atoms with E-state index in [1.54, 1.807) is 31.2 Å². The van der Waals surface area contributed by atoms with Gasteiger partial charge in [0.15, 0.2) is 11.7 Å². The van der Waals surface area contributed by atoms with Gasteiger partial charge in [-0.2, -0.15) is 4.39 Å². The first-order valence-corrected chi connectivity index (χ1v) is 5.15. The van der Waals surface area contributed by atoms with Gasteiger partial charge < -0.3 is 9.72 Å². The lowest BCUT2D eigenvalue weighted by molar-refractivity contribution is 0.103. The zero-order valence-electron chi connectivity index (χ0n) is 9.58. The van der Waals surface area contributed by atoms with Gasteiger partial charge in [0.2, 0.25) is 0 Å². The van der Waals surface area contributed by atoms with Crippen molar-refractivity contribution in [3.05, 3.63) is 53.1 Å². The normalized spacial score (nSPS) is 10.3. The Hall–Kier alpha value is -2.10. The topological polar surface area (TPSA) is 42.1 Å². The Morgan fingerprint density at radius 3 is 2.71 bits per heavy atom. The Bertz CT molecular complexity index is 560. The van der Waals surface area contributed by atoms with Gasteiger partial charge in [-0.1, -0.05) is 12.1 Å². The molecule has 0 aliphatic carbocycles. The van der Waals surface area contributed by atoms with Gasteiger partial charge in [0.05, 0.1) is 7.11 Å². The van der Waals surface area contributed by atoms with Crippen molar-refractivity contribution >= 4 is 5.78 Å². The van der Waals surface area contributed by atoms with Crippen LogP contribution in [0.4, 0.5) is 4.39 Å². The van der Waals surface area contributed by atoms with Crippen molar-refractivity contribution in [2.24, 2.45) is 0 Å². The average molecular weight is 233 g/mol. The number of rotatable bonds is 3. The number of aromatic amines is 1. The Morgan fingerprint density at radius 2 is 2.12 bits per heavy atom. The zero-order valence-corrected chi connectivity index (χ0v) is 9.58. The molecule has 0 saturated carbocycles. The largest absolute Gasteiger partial charge is 0.497 e. The third kappa shape index (κ3) is 2.20. The molecular weight excluding hydrogens is 221 g/mol. The third-order valence-electron chi connectivity index (χ3n) is 2.56. The summed E-state index contributed by atoms with van der Waals surface area (Å²) in [4.78, 5) is 14.6. The minimum absolute atomic E-state index is 0.221. The number of ether oxygens (including phenoxy) is 1. The maximum atomic E-state index is 13.0. The van der Waals surface area contributed by atoms with Crippen LogP contribution < -0.4 is 4.74 Å². The highest BCUT2D eigenvalue weighted by atomic mass is 19.1. The summed E-state index contributed by atoms with van der Waals surface area (Å²) in [5, 5.41) is 0. The van der Waals surface area contributed by atoms with Crippen molar-refractivity contribution in [3.8, 4) is 5.75 Å². The fourth-order valence-electron chi connectivity index (χ4n) is 1.67. The smallest absolute Gasteiger partial charge is 0.195 e. The molecule has 0 unspecified atom stereocenters. The first-order chi connectivity index (χ1) is 8.11. The van der Waals surface area contributed by atoms with E-state index in [1.165, 1.54) is 13.2 Å². The summed E-state index contributed by atoms with van der Waals surface area (Å²) < 4.78 is 18.0. The van der Waals surface area contributed by atoms with Crippen LogP contribution in [0.1, 0.15) is 21.6 Å². The van der Waals surface area contributed by atoms with Crippen LogP contribution in [0, 0.1) is 12.9 Å². The molecule has 0 bridgehead atoms. The van der Waals surface area contributed by atoms with Gasteiger partial charge in [-0.25, -0.2) is 0 Å². The number of nitrogens with one attached hydrogen (secondary N) is 1. The molecule has 1 aromatic heterocycles. The van der Waals surface area contributed by atoms with Crippen molar-refractivity contribution in [2.45, 2.75) is 6.92 Å². The highest BCUT2D eigenvalue weighted by Gasteiger charge is 2.15. The van der Waals surface area contributed by atoms with Crippen molar-refractivity contribution in [1.29, 1.82) is 0 Å². The summed E-state index contributed by atoms with van der Waals surface area (Å²) in [5.74, 6) is -0.125. The molecule has 0 atom stereocenters. The minimum atomic E-state index is -0.506. The fourth-order valence-corrected chi connectivity index (χ4v) is 1.67. The SMILES string of the molecule is COc1cccc(C(=O)c2cc(F)[nH]c2C)c1. The van der Waals surface area contributed by atoms with E-state index >= 15 is 0 Å². The van der Waals surface area contributed by atoms with E-state index in [2.05, 4.69) is 4.98 Å². The Kier molecular flexibility index (Phi) is 2.95. The molecule has 17 heavy (non-hydrogen) atoms. The van der Waals surface area contributed by atoms with Crippen molar-refractivity contribution in [2.75, 3.05) is 7.11 Å². The van der Waals surface area contributed by atoms with Crippen LogP contribution >= 0.6 is 0 Å². The highest BCUT2D eigenvalue weighted by molar-refractivity contribution is 6.09. The Balaban J connectivity index is 2.40. The first kappa shape index (κ1) is 11.4. The van der Waals surface area contributed by atoms with Gasteiger partial charge >= 0.3 is 0 Å². The number of H-pyrrole nitrogens is 1. The van der Waals surface area contributed by atoms with Crippen LogP contribution in [-0.4, -0.2) is 17.9 Å². The monoisotopic (exact) mass is 233 g/mol. The molecule has 0 saturated heterocycles. The van der Waals surface area contributed by atoms with Gasteiger partial charge in [0.1, 0.15) is 5.75 Å². The number of carbonyl (C=O) groups excluding carboxylic acids is 1. The van der Waals surface area contributed by atoms with Gasteiger partial charge in [-0.15, -0.1) is 0 Å². The molecule has 0 radical (unpaired) electrons. The van der Waals surface area contributed by atoms with Crippen LogP contribution in [0.3, 0.4) is 0 Å². The van der Waals surface area contributed by atoms with E-state index in [0.29, 0.717) is 22.6 Å². The molecule has 88 valence electrons. The number of halogens is 1. The summed E-state index contributed by atoms with van der Waals surface area (Å²) in [6.45, 7) is 1.66. The number of benzene rings is 1. The molecule has 2 rings (SSSR count). The second-order valence-corrected chi connectivity index (χ2v) is 3.72. The van der Waals surface area contributed by atoms with Crippen LogP contribution in [0.5, 0.6) is 5.75 Å². The number of methoxy groups -OCH3 is 1. The van der Waals surface area contributed by atoms with E-state index in [-0.39, 0.29) is 5.78 Å². The Morgan fingerprint density at radius 1 is 1.35 bits per heavy atom. The molecule has 0 aliphatic rings. The second-order valence-electron chi connectivity index (χ2n) is 3.72. The van der Waals surface area contributed by atoms with Crippen LogP contribution in [0.25, 0.3) is 0 Å². The molecule has 1 heterocycles. The lowest BCUT2D eigenvalue weighted by atomic mass is 10.0. The van der Waals surface area contributed by atoms with Crippen molar-refractivity contribution in [3.63, 3.8) is 0 Å². The summed E-state index contributed by atoms with van der Waals surface area (Å²) in [5.41, 5.74) is 1.34. The summed E-state index contributed by atoms with van der Waals surface area (Å²) >= 11 is 0. The quantitative estimate of drug-likeness (QED) is 0.828. The lowest BCUT2D eigenvalue weighted by Gasteiger charge is -2.03. The molecular formula is C13H12FNO2. The number of hydrogen-bond donors (Lipinski definition) is 1. The molecule has 4 heteroatoms. The standard InChI is InChI=1S/C13H12FNO2/c1-8-11(7-12(14)15-8)13(16)9-4-3-5-10(6-9)17-2/h3-7,15H,1-2H3. The molecule has 1 aromatic carbocycles. The summed E-state index contributed by atoms with van der Waals surface area (Å²) in [6.07, 6.45) is 0. The van der Waals surface area contributed by atoms with Gasteiger partial charge in [0.25, 0.3) is 0 Å². The zero-order chi connectivity index (χ0) is 12.4. The van der Waals surface area contributed by atoms with Gasteiger partial charge in [0, 0.05) is 22.9 Å². The van der Waals surface area contributed by atoms with Crippen LogP contribution in [0.15, 0.2) is 30.3 Å². The summed E-state index contributed by atoms with van der Waals surface area (Å²) in [7, 11) is 1.53. The van der Waals surface area contributed by atoms with Crippen LogP contribution in [0.2, 0.25) is 0 Å². The molecule has 0 spiro atoms. The van der Waals surface area contributed by atoms with Crippen LogP contribution in [-0.2, 0) is 0 Å².